The number of hydrogen-bond donors (Lipinski definition) is 0. The summed E-state index contributed by atoms with van der Waals surface area (Å²) >= 11 is 0. The smallest absolute Gasteiger partial charge is 0.206 e. The molecule has 0 bridgehead atoms. The zero-order chi connectivity index (χ0) is 12.2. The maximum absolute atomic E-state index is 4.23. The molecule has 0 N–H and O–H groups in total. The van der Waals surface area contributed by atoms with E-state index < -0.39 is 0 Å². The Morgan fingerprint density at radius 3 is 2.78 bits per heavy atom. The van der Waals surface area contributed by atoms with Gasteiger partial charge in [0.2, 0.25) is 6.54 Å². The average Bonchev–Trinajstić information content (AvgIpc) is 2.94. The molecule has 0 radical (unpaired) electrons. The predicted octanol–water partition coefficient (Wildman–Crippen LogP) is -0.983. The Morgan fingerprint density at radius 1 is 1.22 bits per heavy atom. The zero-order valence-electron chi connectivity index (χ0n) is 9.25. The summed E-state index contributed by atoms with van der Waals surface area (Å²) in [5, 5.41) is 18.5. The predicted molar refractivity (Wildman–Crippen MR) is 57.7 cm³/mol. The first-order valence-corrected chi connectivity index (χ1v) is 5.22. The maximum atomic E-state index is 4.23. The van der Waals surface area contributed by atoms with Gasteiger partial charge in [-0.15, -0.1) is 0 Å². The quantitative estimate of drug-likeness (QED) is 0.543. The fourth-order valence-corrected chi connectivity index (χ4v) is 1.43. The van der Waals surface area contributed by atoms with E-state index in [1.54, 1.807) is 29.3 Å². The van der Waals surface area contributed by atoms with Gasteiger partial charge in [-0.3, -0.25) is 10.3 Å². The summed E-state index contributed by atoms with van der Waals surface area (Å²) in [5.74, 6) is 1.17. The van der Waals surface area contributed by atoms with Crippen molar-refractivity contribution < 1.29 is 4.68 Å². The second-order valence-corrected chi connectivity index (χ2v) is 3.48. The molecule has 88 valence electrons. The highest BCUT2D eigenvalue weighted by Crippen LogP contribution is 2.09. The van der Waals surface area contributed by atoms with E-state index in [0.29, 0.717) is 18.2 Å². The van der Waals surface area contributed by atoms with E-state index in [2.05, 4.69) is 35.7 Å². The van der Waals surface area contributed by atoms with Crippen LogP contribution in [-0.2, 0) is 6.54 Å². The van der Waals surface area contributed by atoms with Crippen molar-refractivity contribution in [1.82, 2.24) is 35.7 Å². The topological polar surface area (TPSA) is 95.3 Å². The minimum atomic E-state index is 0.433. The van der Waals surface area contributed by atoms with E-state index in [1.165, 1.54) is 0 Å². The van der Waals surface area contributed by atoms with Crippen molar-refractivity contribution in [1.29, 1.82) is 0 Å². The minimum Gasteiger partial charge on any atom is -0.329 e. The van der Waals surface area contributed by atoms with Crippen molar-refractivity contribution in [2.75, 3.05) is 0 Å². The Balaban J connectivity index is 1.81. The minimum absolute atomic E-state index is 0.433. The maximum Gasteiger partial charge on any atom is 0.206 e. The van der Waals surface area contributed by atoms with E-state index >= 15 is 0 Å². The number of rotatable bonds is 3. The van der Waals surface area contributed by atoms with Gasteiger partial charge in [0.1, 0.15) is 6.20 Å². The van der Waals surface area contributed by atoms with Crippen LogP contribution in [0.25, 0.3) is 11.4 Å². The van der Waals surface area contributed by atoms with Crippen molar-refractivity contribution in [3.8, 4) is 11.4 Å². The molecule has 3 heterocycles. The molecule has 8 heteroatoms. The van der Waals surface area contributed by atoms with Crippen molar-refractivity contribution >= 4 is 0 Å². The number of tetrazole rings is 1. The van der Waals surface area contributed by atoms with Gasteiger partial charge in [-0.2, -0.15) is 5.21 Å². The van der Waals surface area contributed by atoms with Crippen molar-refractivity contribution in [2.45, 2.75) is 6.54 Å². The highest BCUT2D eigenvalue weighted by Gasteiger charge is 2.06. The summed E-state index contributed by atoms with van der Waals surface area (Å²) in [6, 6.07) is 3.65. The standard InChI is InChI=1S/C10H8N8/c1-3-11-10(12-4-1)8-2-5-18(13-6-8)7-9-14-16-17-15-9/h1-6H,7H2. The number of aromatic nitrogens is 8. The van der Waals surface area contributed by atoms with Crippen LogP contribution in [0.1, 0.15) is 5.82 Å². The third-order valence-electron chi connectivity index (χ3n) is 2.26. The second kappa shape index (κ2) is 4.62. The summed E-state index contributed by atoms with van der Waals surface area (Å²) in [6.45, 7) is 0.433. The molecule has 3 rings (SSSR count). The van der Waals surface area contributed by atoms with Crippen LogP contribution in [0.3, 0.4) is 0 Å². The third-order valence-corrected chi connectivity index (χ3v) is 2.26. The Morgan fingerprint density at radius 2 is 2.11 bits per heavy atom. The molecule has 0 fully saturated rings. The first-order valence-electron chi connectivity index (χ1n) is 5.22. The second-order valence-electron chi connectivity index (χ2n) is 3.48. The molecule has 0 spiro atoms. The molecular weight excluding hydrogens is 232 g/mol. The van der Waals surface area contributed by atoms with Gasteiger partial charge in [-0.25, -0.2) is 9.97 Å². The van der Waals surface area contributed by atoms with E-state index in [9.17, 15) is 0 Å². The van der Waals surface area contributed by atoms with Crippen molar-refractivity contribution in [3.05, 3.63) is 42.7 Å². The molecule has 0 saturated heterocycles. The van der Waals surface area contributed by atoms with Gasteiger partial charge < -0.3 is 5.10 Å². The van der Waals surface area contributed by atoms with E-state index in [0.717, 1.165) is 5.56 Å². The Kier molecular flexibility index (Phi) is 2.66. The molecule has 0 atom stereocenters. The first-order chi connectivity index (χ1) is 8.92. The molecule has 3 aromatic heterocycles. The van der Waals surface area contributed by atoms with Crippen LogP contribution < -0.4 is 9.78 Å². The van der Waals surface area contributed by atoms with Crippen LogP contribution in [0.5, 0.6) is 0 Å². The molecule has 0 saturated carbocycles. The largest absolute Gasteiger partial charge is 0.329 e. The molecule has 0 unspecified atom stereocenters. The molecule has 0 amide bonds. The monoisotopic (exact) mass is 240 g/mol. The lowest BCUT2D eigenvalue weighted by Gasteiger charge is -1.97. The molecule has 0 aliphatic carbocycles. The van der Waals surface area contributed by atoms with E-state index in [1.807, 2.05) is 12.3 Å². The zero-order valence-corrected chi connectivity index (χ0v) is 9.25. The van der Waals surface area contributed by atoms with Crippen LogP contribution >= 0.6 is 0 Å². The first kappa shape index (κ1) is 10.4. The Bertz CT molecular complexity index is 604. The lowest BCUT2D eigenvalue weighted by atomic mass is 10.3. The molecule has 8 nitrogen and oxygen atoms in total. The van der Waals surface area contributed by atoms with E-state index in [-0.39, 0.29) is 0 Å². The van der Waals surface area contributed by atoms with Gasteiger partial charge in [-0.1, -0.05) is 4.68 Å². The molecular formula is C10H8N8. The average molecular weight is 240 g/mol. The van der Waals surface area contributed by atoms with Gasteiger partial charge in [0.25, 0.3) is 0 Å². The molecule has 3 aromatic rings. The van der Waals surface area contributed by atoms with Crippen LogP contribution in [0, 0.1) is 0 Å². The van der Waals surface area contributed by atoms with Gasteiger partial charge in [0.05, 0.1) is 5.82 Å². The highest BCUT2D eigenvalue weighted by atomic mass is 15.5. The summed E-state index contributed by atoms with van der Waals surface area (Å²) in [4.78, 5) is 8.30. The molecule has 0 aromatic carbocycles. The lowest BCUT2D eigenvalue weighted by Crippen LogP contribution is -2.38. The molecule has 0 aliphatic rings. The van der Waals surface area contributed by atoms with Gasteiger partial charge in [0, 0.05) is 24.0 Å². The van der Waals surface area contributed by atoms with Crippen LogP contribution in [0.2, 0.25) is 0 Å². The Labute approximate surface area is 102 Å². The van der Waals surface area contributed by atoms with Gasteiger partial charge >= 0.3 is 0 Å². The lowest BCUT2D eigenvalue weighted by molar-refractivity contribution is -0.747. The summed E-state index contributed by atoms with van der Waals surface area (Å²) in [7, 11) is 0. The number of nitrogens with zero attached hydrogens (tertiary/aromatic N) is 8. The summed E-state index contributed by atoms with van der Waals surface area (Å²) in [5.41, 5.74) is 0.853. The van der Waals surface area contributed by atoms with Gasteiger partial charge in [-0.05, 0) is 11.2 Å². The normalized spacial score (nSPS) is 10.4. The summed E-state index contributed by atoms with van der Waals surface area (Å²) in [6.07, 6.45) is 6.89. The fraction of sp³-hybridized carbons (Fsp3) is 0.100. The van der Waals surface area contributed by atoms with Crippen molar-refractivity contribution in [3.63, 3.8) is 0 Å². The van der Waals surface area contributed by atoms with Gasteiger partial charge in [0.15, 0.2) is 12.0 Å². The third kappa shape index (κ3) is 2.17. The molecule has 18 heavy (non-hydrogen) atoms. The number of hydrogen-bond acceptors (Lipinski definition) is 6. The highest BCUT2D eigenvalue weighted by molar-refractivity contribution is 5.51. The van der Waals surface area contributed by atoms with E-state index in [4.69, 9.17) is 0 Å². The Hall–Kier alpha value is -2.77. The van der Waals surface area contributed by atoms with Crippen LogP contribution in [0.15, 0.2) is 36.9 Å². The SMILES string of the molecule is c1cnc(-c2cc[n+](Cc3nnn[n-]3)nc2)nc1. The van der Waals surface area contributed by atoms with Crippen molar-refractivity contribution in [2.24, 2.45) is 0 Å². The van der Waals surface area contributed by atoms with Crippen LogP contribution in [-0.4, -0.2) is 30.6 Å². The van der Waals surface area contributed by atoms with Crippen LogP contribution in [0.4, 0.5) is 0 Å². The fourth-order valence-electron chi connectivity index (χ4n) is 1.43. The summed E-state index contributed by atoms with van der Waals surface area (Å²) < 4.78 is 1.69. The molecule has 0 aliphatic heterocycles.